The van der Waals surface area contributed by atoms with Crippen LogP contribution in [0.2, 0.25) is 0 Å². The lowest BCUT2D eigenvalue weighted by Gasteiger charge is -2.44. The maximum atomic E-state index is 10.3. The van der Waals surface area contributed by atoms with Crippen molar-refractivity contribution in [1.29, 1.82) is 0 Å². The normalized spacial score (nSPS) is 40.6. The van der Waals surface area contributed by atoms with Crippen LogP contribution in [0.1, 0.15) is 40.0 Å². The average molecular weight is 198 g/mol. The third-order valence-corrected chi connectivity index (χ3v) is 3.80. The van der Waals surface area contributed by atoms with E-state index in [0.717, 1.165) is 18.4 Å². The molecule has 1 fully saturated rings. The van der Waals surface area contributed by atoms with E-state index >= 15 is 0 Å². The minimum absolute atomic E-state index is 0.179. The fourth-order valence-corrected chi connectivity index (χ4v) is 2.40. The molecule has 4 atom stereocenters. The highest BCUT2D eigenvalue weighted by Crippen LogP contribution is 2.41. The number of aliphatic hydroxyl groups is 2. The van der Waals surface area contributed by atoms with E-state index in [1.807, 2.05) is 13.8 Å². The summed E-state index contributed by atoms with van der Waals surface area (Å²) >= 11 is 0. The van der Waals surface area contributed by atoms with Crippen LogP contribution in [0.15, 0.2) is 12.2 Å². The first kappa shape index (κ1) is 11.7. The Morgan fingerprint density at radius 2 is 2.07 bits per heavy atom. The molecule has 1 saturated carbocycles. The Labute approximate surface area is 86.6 Å². The van der Waals surface area contributed by atoms with Gasteiger partial charge < -0.3 is 10.2 Å². The molecule has 0 amide bonds. The monoisotopic (exact) mass is 198 g/mol. The van der Waals surface area contributed by atoms with Crippen molar-refractivity contribution in [3.8, 4) is 0 Å². The Morgan fingerprint density at radius 3 is 2.50 bits per heavy atom. The van der Waals surface area contributed by atoms with Gasteiger partial charge in [-0.2, -0.15) is 0 Å². The first-order chi connectivity index (χ1) is 6.38. The summed E-state index contributed by atoms with van der Waals surface area (Å²) in [4.78, 5) is 0. The van der Waals surface area contributed by atoms with E-state index in [2.05, 4.69) is 6.58 Å². The van der Waals surface area contributed by atoms with Crippen molar-refractivity contribution in [3.05, 3.63) is 12.2 Å². The molecule has 1 aliphatic rings. The molecule has 14 heavy (non-hydrogen) atoms. The average Bonchev–Trinajstić information content (AvgIpc) is 2.09. The minimum atomic E-state index is -0.915. The van der Waals surface area contributed by atoms with Gasteiger partial charge in [0.1, 0.15) is 0 Å². The second-order valence-corrected chi connectivity index (χ2v) is 4.89. The lowest BCUT2D eigenvalue weighted by Crippen LogP contribution is -2.50. The Hall–Kier alpha value is -0.340. The quantitative estimate of drug-likeness (QED) is 0.667. The van der Waals surface area contributed by atoms with Crippen molar-refractivity contribution in [1.82, 2.24) is 0 Å². The maximum Gasteiger partial charge on any atom is 0.0933 e. The standard InChI is InChI=1S/C12H22O2/c1-8(2)11-6-5-9(3)12(14,7-11)10(4)13/h9-11,13-14H,1,5-7H2,2-4H3/t9-,10?,11-,12+/m1/s1. The number of hydrogen-bond acceptors (Lipinski definition) is 2. The minimum Gasteiger partial charge on any atom is -0.390 e. The second-order valence-electron chi connectivity index (χ2n) is 4.89. The van der Waals surface area contributed by atoms with Crippen LogP contribution in [0.3, 0.4) is 0 Å². The number of hydrogen-bond donors (Lipinski definition) is 2. The predicted octanol–water partition coefficient (Wildman–Crippen LogP) is 2.11. The predicted molar refractivity (Wildman–Crippen MR) is 57.9 cm³/mol. The van der Waals surface area contributed by atoms with E-state index in [0.29, 0.717) is 12.3 Å². The van der Waals surface area contributed by atoms with Crippen LogP contribution in [-0.2, 0) is 0 Å². The van der Waals surface area contributed by atoms with Crippen LogP contribution >= 0.6 is 0 Å². The van der Waals surface area contributed by atoms with Gasteiger partial charge >= 0.3 is 0 Å². The third-order valence-electron chi connectivity index (χ3n) is 3.80. The summed E-state index contributed by atoms with van der Waals surface area (Å²) in [5.41, 5.74) is 0.206. The summed E-state index contributed by atoms with van der Waals surface area (Å²) in [7, 11) is 0. The summed E-state index contributed by atoms with van der Waals surface area (Å²) < 4.78 is 0. The SMILES string of the molecule is C=C(C)[C@@H]1CC[C@@H](C)[C@](O)(C(C)O)C1. The van der Waals surface area contributed by atoms with E-state index in [9.17, 15) is 10.2 Å². The topological polar surface area (TPSA) is 40.5 Å². The molecule has 0 spiro atoms. The summed E-state index contributed by atoms with van der Waals surface area (Å²) in [6.07, 6.45) is 2.06. The highest BCUT2D eigenvalue weighted by molar-refractivity contribution is 5.05. The van der Waals surface area contributed by atoms with Gasteiger partial charge in [0.05, 0.1) is 11.7 Å². The van der Waals surface area contributed by atoms with Crippen molar-refractivity contribution in [2.45, 2.75) is 51.7 Å². The first-order valence-electron chi connectivity index (χ1n) is 5.43. The van der Waals surface area contributed by atoms with E-state index in [1.54, 1.807) is 6.92 Å². The Balaban J connectivity index is 2.78. The van der Waals surface area contributed by atoms with Crippen LogP contribution in [0.4, 0.5) is 0 Å². The molecular weight excluding hydrogens is 176 g/mol. The molecule has 1 unspecified atom stereocenters. The number of rotatable bonds is 2. The molecule has 1 aliphatic carbocycles. The molecule has 0 aromatic rings. The molecule has 2 N–H and O–H groups in total. The van der Waals surface area contributed by atoms with Crippen molar-refractivity contribution in [2.24, 2.45) is 11.8 Å². The molecule has 0 saturated heterocycles. The van der Waals surface area contributed by atoms with Gasteiger partial charge in [-0.25, -0.2) is 0 Å². The van der Waals surface area contributed by atoms with Crippen LogP contribution in [0, 0.1) is 11.8 Å². The molecule has 2 heteroatoms. The molecule has 82 valence electrons. The molecule has 0 radical (unpaired) electrons. The van der Waals surface area contributed by atoms with Crippen LogP contribution in [0.25, 0.3) is 0 Å². The molecule has 0 aliphatic heterocycles. The van der Waals surface area contributed by atoms with Gasteiger partial charge in [-0.15, -0.1) is 0 Å². The highest BCUT2D eigenvalue weighted by Gasteiger charge is 2.43. The van der Waals surface area contributed by atoms with Gasteiger partial charge in [0.15, 0.2) is 0 Å². The van der Waals surface area contributed by atoms with Gasteiger partial charge in [-0.1, -0.05) is 19.1 Å². The highest BCUT2D eigenvalue weighted by atomic mass is 16.3. The van der Waals surface area contributed by atoms with Crippen molar-refractivity contribution in [3.63, 3.8) is 0 Å². The summed E-state index contributed by atoms with van der Waals surface area (Å²) in [6, 6.07) is 0. The lowest BCUT2D eigenvalue weighted by atomic mass is 9.68. The molecule has 1 rings (SSSR count). The summed E-state index contributed by atoms with van der Waals surface area (Å²) in [5, 5.41) is 20.0. The molecule has 2 nitrogen and oxygen atoms in total. The van der Waals surface area contributed by atoms with E-state index < -0.39 is 11.7 Å². The Bertz CT molecular complexity index is 222. The van der Waals surface area contributed by atoms with Crippen molar-refractivity contribution < 1.29 is 10.2 Å². The Morgan fingerprint density at radius 1 is 1.50 bits per heavy atom. The fourth-order valence-electron chi connectivity index (χ4n) is 2.40. The molecule has 0 heterocycles. The van der Waals surface area contributed by atoms with Crippen LogP contribution < -0.4 is 0 Å². The number of aliphatic hydroxyl groups excluding tert-OH is 1. The lowest BCUT2D eigenvalue weighted by molar-refractivity contribution is -0.129. The van der Waals surface area contributed by atoms with Crippen molar-refractivity contribution in [2.75, 3.05) is 0 Å². The van der Waals surface area contributed by atoms with Crippen LogP contribution in [0.5, 0.6) is 0 Å². The van der Waals surface area contributed by atoms with Gasteiger partial charge in [0, 0.05) is 0 Å². The second kappa shape index (κ2) is 4.03. The van der Waals surface area contributed by atoms with Crippen LogP contribution in [-0.4, -0.2) is 21.9 Å². The maximum absolute atomic E-state index is 10.3. The third kappa shape index (κ3) is 2.01. The fraction of sp³-hybridized carbons (Fsp3) is 0.833. The van der Waals surface area contributed by atoms with E-state index in [4.69, 9.17) is 0 Å². The molecular formula is C12H22O2. The zero-order chi connectivity index (χ0) is 10.9. The Kier molecular flexibility index (Phi) is 3.38. The molecule has 0 aromatic carbocycles. The zero-order valence-electron chi connectivity index (χ0n) is 9.45. The molecule has 0 bridgehead atoms. The van der Waals surface area contributed by atoms with Gasteiger partial charge in [-0.05, 0) is 44.9 Å². The zero-order valence-corrected chi connectivity index (χ0v) is 9.45. The van der Waals surface area contributed by atoms with Gasteiger partial charge in [0.25, 0.3) is 0 Å². The van der Waals surface area contributed by atoms with Crippen molar-refractivity contribution >= 4 is 0 Å². The number of allylic oxidation sites excluding steroid dienone is 1. The van der Waals surface area contributed by atoms with E-state index in [-0.39, 0.29) is 5.92 Å². The van der Waals surface area contributed by atoms with E-state index in [1.165, 1.54) is 0 Å². The van der Waals surface area contributed by atoms with Gasteiger partial charge in [-0.3, -0.25) is 0 Å². The summed E-state index contributed by atoms with van der Waals surface area (Å²) in [6.45, 7) is 9.63. The smallest absolute Gasteiger partial charge is 0.0933 e. The van der Waals surface area contributed by atoms with Gasteiger partial charge in [0.2, 0.25) is 0 Å². The molecule has 0 aromatic heterocycles. The first-order valence-corrected chi connectivity index (χ1v) is 5.43. The summed E-state index contributed by atoms with van der Waals surface area (Å²) in [5.74, 6) is 0.545. The largest absolute Gasteiger partial charge is 0.390 e.